The highest BCUT2D eigenvalue weighted by Crippen LogP contribution is 2.37. The topological polar surface area (TPSA) is 41.6 Å². The normalized spacial score (nSPS) is 22.7. The van der Waals surface area contributed by atoms with Gasteiger partial charge in [0.15, 0.2) is 0 Å². The molecular formula is C25H36F6N2O2. The van der Waals surface area contributed by atoms with E-state index in [0.717, 1.165) is 12.1 Å². The lowest BCUT2D eigenvalue weighted by Crippen LogP contribution is -2.58. The number of nitrogens with zero attached hydrogens (tertiary/aromatic N) is 1. The predicted octanol–water partition coefficient (Wildman–Crippen LogP) is 6.83. The molecule has 0 amide bonds. The van der Waals surface area contributed by atoms with E-state index in [1.54, 1.807) is 25.8 Å². The molecular weight excluding hydrogens is 474 g/mol. The van der Waals surface area contributed by atoms with Gasteiger partial charge >= 0.3 is 18.3 Å². The monoisotopic (exact) mass is 510 g/mol. The van der Waals surface area contributed by atoms with Crippen LogP contribution in [0.15, 0.2) is 18.2 Å². The van der Waals surface area contributed by atoms with Gasteiger partial charge in [-0.05, 0) is 69.2 Å². The number of rotatable bonds is 6. The Balaban J connectivity index is 2.27. The smallest absolute Gasteiger partial charge is 0.367 e. The van der Waals surface area contributed by atoms with E-state index in [1.807, 2.05) is 27.7 Å². The molecule has 1 aliphatic rings. The van der Waals surface area contributed by atoms with E-state index < -0.39 is 28.9 Å². The maximum Gasteiger partial charge on any atom is 0.416 e. The summed E-state index contributed by atoms with van der Waals surface area (Å²) in [7, 11) is 0. The van der Waals surface area contributed by atoms with E-state index in [1.165, 1.54) is 0 Å². The Kier molecular flexibility index (Phi) is 8.96. The second kappa shape index (κ2) is 10.7. The zero-order valence-electron chi connectivity index (χ0n) is 21.3. The van der Waals surface area contributed by atoms with Crippen molar-refractivity contribution in [2.45, 2.75) is 98.3 Å². The van der Waals surface area contributed by atoms with Gasteiger partial charge in [0.1, 0.15) is 0 Å². The van der Waals surface area contributed by atoms with Crippen molar-refractivity contribution >= 4 is 5.97 Å². The summed E-state index contributed by atoms with van der Waals surface area (Å²) < 4.78 is 79.2. The molecule has 1 fully saturated rings. The SMILES string of the molecule is CC(C)C1CC(NCc2cc(C(F)(F)F)cc(C(F)(F)F)c2)CC(C(C)C)N1OC(=O)C(C)(C)C. The van der Waals surface area contributed by atoms with Crippen molar-refractivity contribution in [2.75, 3.05) is 0 Å². The molecule has 35 heavy (non-hydrogen) atoms. The van der Waals surface area contributed by atoms with Crippen LogP contribution >= 0.6 is 0 Å². The first-order valence-corrected chi connectivity index (χ1v) is 11.8. The van der Waals surface area contributed by atoms with Gasteiger partial charge in [0.25, 0.3) is 0 Å². The first kappa shape index (κ1) is 29.4. The Morgan fingerprint density at radius 1 is 0.914 bits per heavy atom. The molecule has 1 saturated heterocycles. The third-order valence-corrected chi connectivity index (χ3v) is 6.29. The molecule has 2 rings (SSSR count). The van der Waals surface area contributed by atoms with Crippen LogP contribution in [0.3, 0.4) is 0 Å². The highest BCUT2D eigenvalue weighted by atomic mass is 19.4. The van der Waals surface area contributed by atoms with Crippen LogP contribution in [0.25, 0.3) is 0 Å². The van der Waals surface area contributed by atoms with Crippen LogP contribution in [0.2, 0.25) is 0 Å². The van der Waals surface area contributed by atoms with Gasteiger partial charge < -0.3 is 10.2 Å². The zero-order chi connectivity index (χ0) is 26.9. The number of hydrogen-bond acceptors (Lipinski definition) is 4. The number of nitrogens with one attached hydrogen (secondary N) is 1. The average molecular weight is 511 g/mol. The van der Waals surface area contributed by atoms with Crippen LogP contribution in [0, 0.1) is 17.3 Å². The molecule has 200 valence electrons. The Hall–Kier alpha value is -1.81. The van der Waals surface area contributed by atoms with Crippen molar-refractivity contribution in [1.29, 1.82) is 0 Å². The first-order valence-electron chi connectivity index (χ1n) is 11.8. The van der Waals surface area contributed by atoms with E-state index in [-0.39, 0.29) is 54.1 Å². The summed E-state index contributed by atoms with van der Waals surface area (Å²) in [6.45, 7) is 13.1. The molecule has 10 heteroatoms. The number of hydrogen-bond donors (Lipinski definition) is 1. The van der Waals surface area contributed by atoms with E-state index in [0.29, 0.717) is 12.8 Å². The lowest BCUT2D eigenvalue weighted by Gasteiger charge is -2.47. The van der Waals surface area contributed by atoms with Gasteiger partial charge in [0.05, 0.1) is 28.6 Å². The summed E-state index contributed by atoms with van der Waals surface area (Å²) in [5.41, 5.74) is -3.44. The number of carbonyl (C=O) groups is 1. The van der Waals surface area contributed by atoms with Crippen LogP contribution in [-0.2, 0) is 28.5 Å². The van der Waals surface area contributed by atoms with Crippen LogP contribution in [0.5, 0.6) is 0 Å². The maximum atomic E-state index is 13.2. The van der Waals surface area contributed by atoms with Gasteiger partial charge in [-0.1, -0.05) is 27.7 Å². The summed E-state index contributed by atoms with van der Waals surface area (Å²) in [6.07, 6.45) is -8.71. The molecule has 1 aromatic carbocycles. The maximum absolute atomic E-state index is 13.2. The fourth-order valence-electron chi connectivity index (χ4n) is 4.18. The van der Waals surface area contributed by atoms with Gasteiger partial charge in [0, 0.05) is 12.6 Å². The summed E-state index contributed by atoms with van der Waals surface area (Å²) in [6, 6.07) is 1.14. The molecule has 1 heterocycles. The Labute approximate surface area is 203 Å². The van der Waals surface area contributed by atoms with Crippen molar-refractivity contribution in [1.82, 2.24) is 10.4 Å². The summed E-state index contributed by atoms with van der Waals surface area (Å²) in [4.78, 5) is 18.5. The van der Waals surface area contributed by atoms with Crippen molar-refractivity contribution in [3.8, 4) is 0 Å². The fourth-order valence-corrected chi connectivity index (χ4v) is 4.18. The van der Waals surface area contributed by atoms with E-state index in [2.05, 4.69) is 5.32 Å². The van der Waals surface area contributed by atoms with Crippen LogP contribution in [0.4, 0.5) is 26.3 Å². The molecule has 0 saturated carbocycles. The second-order valence-corrected chi connectivity index (χ2v) is 11.1. The van der Waals surface area contributed by atoms with Gasteiger partial charge in [-0.15, -0.1) is 5.06 Å². The Morgan fingerprint density at radius 3 is 1.69 bits per heavy atom. The summed E-state index contributed by atoms with van der Waals surface area (Å²) >= 11 is 0. The summed E-state index contributed by atoms with van der Waals surface area (Å²) in [5.74, 6) is -0.165. The standard InChI is InChI=1S/C25H36F6N2O2/c1-14(2)20-11-19(12-21(15(3)4)33(20)35-22(34)23(5,6)7)32-13-16-8-17(24(26,27)28)10-18(9-16)25(29,30)31/h8-10,14-15,19-21,32H,11-13H2,1-7H3. The lowest BCUT2D eigenvalue weighted by molar-refractivity contribution is -0.245. The number of hydroxylamine groups is 2. The molecule has 4 nitrogen and oxygen atoms in total. The second-order valence-electron chi connectivity index (χ2n) is 11.1. The van der Waals surface area contributed by atoms with Crippen molar-refractivity contribution in [3.05, 3.63) is 34.9 Å². The molecule has 1 N–H and O–H groups in total. The van der Waals surface area contributed by atoms with Gasteiger partial charge in [0.2, 0.25) is 0 Å². The van der Waals surface area contributed by atoms with E-state index in [4.69, 9.17) is 4.84 Å². The number of halogens is 6. The quantitative estimate of drug-likeness (QED) is 0.426. The number of benzene rings is 1. The van der Waals surface area contributed by atoms with Crippen LogP contribution in [0.1, 0.15) is 78.0 Å². The Morgan fingerprint density at radius 2 is 1.34 bits per heavy atom. The molecule has 0 aliphatic carbocycles. The van der Waals surface area contributed by atoms with Crippen LogP contribution < -0.4 is 5.32 Å². The molecule has 0 radical (unpaired) electrons. The van der Waals surface area contributed by atoms with Gasteiger partial charge in [-0.25, -0.2) is 4.79 Å². The average Bonchev–Trinajstić information content (AvgIpc) is 2.70. The van der Waals surface area contributed by atoms with Crippen molar-refractivity contribution < 1.29 is 36.0 Å². The first-order chi connectivity index (χ1) is 15.8. The van der Waals surface area contributed by atoms with E-state index >= 15 is 0 Å². The minimum absolute atomic E-state index is 0.0871. The molecule has 2 unspecified atom stereocenters. The van der Waals surface area contributed by atoms with Crippen molar-refractivity contribution in [2.24, 2.45) is 17.3 Å². The van der Waals surface area contributed by atoms with Gasteiger partial charge in [-0.3, -0.25) is 0 Å². The highest BCUT2D eigenvalue weighted by Gasteiger charge is 2.42. The third kappa shape index (κ3) is 7.84. The highest BCUT2D eigenvalue weighted by molar-refractivity contribution is 5.75. The molecule has 0 bridgehead atoms. The lowest BCUT2D eigenvalue weighted by atomic mass is 9.83. The molecule has 1 aromatic rings. The Bertz CT molecular complexity index is 824. The minimum Gasteiger partial charge on any atom is -0.367 e. The number of alkyl halides is 6. The van der Waals surface area contributed by atoms with E-state index in [9.17, 15) is 31.1 Å². The number of piperidine rings is 1. The van der Waals surface area contributed by atoms with Crippen LogP contribution in [-0.4, -0.2) is 29.2 Å². The fraction of sp³-hybridized carbons (Fsp3) is 0.720. The molecule has 2 atom stereocenters. The molecule has 0 aromatic heterocycles. The molecule has 1 aliphatic heterocycles. The molecule has 0 spiro atoms. The number of carbonyl (C=O) groups excluding carboxylic acids is 1. The summed E-state index contributed by atoms with van der Waals surface area (Å²) in [5, 5.41) is 4.92. The third-order valence-electron chi connectivity index (χ3n) is 6.29. The predicted molar refractivity (Wildman–Crippen MR) is 121 cm³/mol. The largest absolute Gasteiger partial charge is 0.416 e. The van der Waals surface area contributed by atoms with Gasteiger partial charge in [-0.2, -0.15) is 26.3 Å². The van der Waals surface area contributed by atoms with Crippen molar-refractivity contribution in [3.63, 3.8) is 0 Å². The zero-order valence-corrected chi connectivity index (χ0v) is 21.3. The minimum atomic E-state index is -4.89.